The summed E-state index contributed by atoms with van der Waals surface area (Å²) in [5.41, 5.74) is 6.70. The number of hydrogen-bond donors (Lipinski definition) is 2. The summed E-state index contributed by atoms with van der Waals surface area (Å²) in [5.74, 6) is -0.366. The Labute approximate surface area is 127 Å². The molecule has 2 aromatic heterocycles. The zero-order valence-electron chi connectivity index (χ0n) is 12.6. The molecule has 22 heavy (non-hydrogen) atoms. The number of imidazole rings is 1. The molecule has 112 valence electrons. The molecule has 3 rings (SSSR count). The van der Waals surface area contributed by atoms with E-state index < -0.39 is 0 Å². The Bertz CT molecular complexity index is 889. The van der Waals surface area contributed by atoms with Crippen molar-refractivity contribution >= 4 is 22.7 Å². The average Bonchev–Trinajstić information content (AvgIpc) is 3.00. The molecule has 1 amide bonds. The highest BCUT2D eigenvalue weighted by molar-refractivity contribution is 6.05. The van der Waals surface area contributed by atoms with E-state index in [2.05, 4.69) is 15.4 Å². The molecule has 0 aliphatic heterocycles. The van der Waals surface area contributed by atoms with Gasteiger partial charge < -0.3 is 4.98 Å². The lowest BCUT2D eigenvalue weighted by Gasteiger charge is -2.06. The van der Waals surface area contributed by atoms with E-state index >= 15 is 0 Å². The number of nitrogens with one attached hydrogen (secondary N) is 2. The molecule has 0 aliphatic rings. The number of aromatic nitrogens is 3. The van der Waals surface area contributed by atoms with Gasteiger partial charge in [0.05, 0.1) is 11.0 Å². The predicted octanol–water partition coefficient (Wildman–Crippen LogP) is 2.57. The van der Waals surface area contributed by atoms with Gasteiger partial charge in [-0.1, -0.05) is 12.1 Å². The SMILES string of the molecule is CC(=O)c1c(C)[nH]c(C(=O)Nn2cnc3ccccc32)c1C. The van der Waals surface area contributed by atoms with Crippen molar-refractivity contribution in [3.8, 4) is 0 Å². The van der Waals surface area contributed by atoms with Gasteiger partial charge in [0, 0.05) is 11.3 Å². The predicted molar refractivity (Wildman–Crippen MR) is 83.7 cm³/mol. The second-order valence-electron chi connectivity index (χ2n) is 5.23. The van der Waals surface area contributed by atoms with E-state index in [9.17, 15) is 9.59 Å². The number of carbonyl (C=O) groups excluding carboxylic acids is 2. The van der Waals surface area contributed by atoms with Crippen molar-refractivity contribution in [2.24, 2.45) is 0 Å². The quantitative estimate of drug-likeness (QED) is 0.729. The Morgan fingerprint density at radius 2 is 1.95 bits per heavy atom. The van der Waals surface area contributed by atoms with Crippen LogP contribution in [0.4, 0.5) is 0 Å². The number of ketones is 1. The number of carbonyl (C=O) groups is 2. The Kier molecular flexibility index (Phi) is 3.29. The standard InChI is InChI=1S/C16H16N4O2/c1-9-14(11(3)21)10(2)18-15(9)16(22)19-20-8-17-12-6-4-5-7-13(12)20/h4-8,18H,1-3H3,(H,19,22). The zero-order chi connectivity index (χ0) is 15.9. The normalized spacial score (nSPS) is 10.9. The third kappa shape index (κ3) is 2.18. The van der Waals surface area contributed by atoms with E-state index in [1.807, 2.05) is 24.3 Å². The third-order valence-corrected chi connectivity index (χ3v) is 3.69. The molecule has 0 bridgehead atoms. The van der Waals surface area contributed by atoms with Crippen LogP contribution in [0.15, 0.2) is 30.6 Å². The molecule has 0 atom stereocenters. The van der Waals surface area contributed by atoms with E-state index in [1.54, 1.807) is 24.9 Å². The van der Waals surface area contributed by atoms with Crippen molar-refractivity contribution in [2.75, 3.05) is 5.43 Å². The molecule has 0 fully saturated rings. The van der Waals surface area contributed by atoms with Gasteiger partial charge in [-0.25, -0.2) is 9.66 Å². The highest BCUT2D eigenvalue weighted by Gasteiger charge is 2.20. The summed E-state index contributed by atoms with van der Waals surface area (Å²) in [6.07, 6.45) is 1.56. The van der Waals surface area contributed by atoms with Gasteiger partial charge in [-0.15, -0.1) is 0 Å². The fraction of sp³-hybridized carbons (Fsp3) is 0.188. The summed E-state index contributed by atoms with van der Waals surface area (Å²) in [7, 11) is 0. The summed E-state index contributed by atoms with van der Waals surface area (Å²) >= 11 is 0. The molecular formula is C16H16N4O2. The van der Waals surface area contributed by atoms with Crippen LogP contribution in [0.3, 0.4) is 0 Å². The number of aryl methyl sites for hydroxylation is 1. The average molecular weight is 296 g/mol. The van der Waals surface area contributed by atoms with Gasteiger partial charge in [-0.2, -0.15) is 0 Å². The number of aromatic amines is 1. The van der Waals surface area contributed by atoms with Gasteiger partial charge in [0.2, 0.25) is 0 Å². The van der Waals surface area contributed by atoms with Crippen LogP contribution in [0, 0.1) is 13.8 Å². The molecule has 2 heterocycles. The van der Waals surface area contributed by atoms with Crippen molar-refractivity contribution in [2.45, 2.75) is 20.8 Å². The lowest BCUT2D eigenvalue weighted by Crippen LogP contribution is -2.23. The first-order valence-electron chi connectivity index (χ1n) is 6.92. The highest BCUT2D eigenvalue weighted by atomic mass is 16.2. The lowest BCUT2D eigenvalue weighted by molar-refractivity contribution is 0.100. The maximum atomic E-state index is 12.5. The minimum Gasteiger partial charge on any atom is -0.354 e. The lowest BCUT2D eigenvalue weighted by atomic mass is 10.1. The molecule has 0 unspecified atom stereocenters. The van der Waals surface area contributed by atoms with Crippen LogP contribution in [-0.4, -0.2) is 26.3 Å². The van der Waals surface area contributed by atoms with Crippen molar-refractivity contribution in [3.05, 3.63) is 53.1 Å². The van der Waals surface area contributed by atoms with Crippen LogP contribution in [0.2, 0.25) is 0 Å². The van der Waals surface area contributed by atoms with Crippen molar-refractivity contribution in [1.82, 2.24) is 14.6 Å². The second-order valence-corrected chi connectivity index (χ2v) is 5.23. The smallest absolute Gasteiger partial charge is 0.286 e. The summed E-state index contributed by atoms with van der Waals surface area (Å²) in [5, 5.41) is 0. The highest BCUT2D eigenvalue weighted by Crippen LogP contribution is 2.19. The van der Waals surface area contributed by atoms with Crippen LogP contribution in [-0.2, 0) is 0 Å². The number of para-hydroxylation sites is 2. The number of nitrogens with zero attached hydrogens (tertiary/aromatic N) is 2. The number of amides is 1. The van der Waals surface area contributed by atoms with E-state index in [0.29, 0.717) is 22.5 Å². The van der Waals surface area contributed by atoms with Crippen molar-refractivity contribution in [3.63, 3.8) is 0 Å². The van der Waals surface area contributed by atoms with Gasteiger partial charge >= 0.3 is 0 Å². The molecule has 0 spiro atoms. The monoisotopic (exact) mass is 296 g/mol. The first kappa shape index (κ1) is 14.1. The molecule has 0 saturated heterocycles. The molecule has 6 nitrogen and oxygen atoms in total. The fourth-order valence-electron chi connectivity index (χ4n) is 2.72. The van der Waals surface area contributed by atoms with Crippen LogP contribution < -0.4 is 5.43 Å². The summed E-state index contributed by atoms with van der Waals surface area (Å²) in [6, 6.07) is 7.51. The topological polar surface area (TPSA) is 79.8 Å². The van der Waals surface area contributed by atoms with Crippen LogP contribution >= 0.6 is 0 Å². The van der Waals surface area contributed by atoms with Crippen molar-refractivity contribution in [1.29, 1.82) is 0 Å². The molecule has 3 aromatic rings. The second kappa shape index (κ2) is 5.14. The Hall–Kier alpha value is -2.89. The molecular weight excluding hydrogens is 280 g/mol. The van der Waals surface area contributed by atoms with Gasteiger partial charge in [0.15, 0.2) is 5.78 Å². The first-order chi connectivity index (χ1) is 10.5. The summed E-state index contributed by atoms with van der Waals surface area (Å²) in [4.78, 5) is 31.3. The Balaban J connectivity index is 1.95. The van der Waals surface area contributed by atoms with E-state index in [-0.39, 0.29) is 11.7 Å². The molecule has 2 N–H and O–H groups in total. The van der Waals surface area contributed by atoms with Gasteiger partial charge in [-0.05, 0) is 38.5 Å². The fourth-order valence-corrected chi connectivity index (χ4v) is 2.72. The number of fused-ring (bicyclic) bond motifs is 1. The number of hydrogen-bond acceptors (Lipinski definition) is 3. The number of H-pyrrole nitrogens is 1. The van der Waals surface area contributed by atoms with E-state index in [4.69, 9.17) is 0 Å². The zero-order valence-corrected chi connectivity index (χ0v) is 12.6. The Morgan fingerprint density at radius 1 is 1.23 bits per heavy atom. The molecule has 0 radical (unpaired) electrons. The van der Waals surface area contributed by atoms with Gasteiger partial charge in [0.25, 0.3) is 5.91 Å². The number of benzene rings is 1. The Morgan fingerprint density at radius 3 is 2.64 bits per heavy atom. The van der Waals surface area contributed by atoms with Crippen molar-refractivity contribution < 1.29 is 9.59 Å². The number of rotatable bonds is 3. The minimum absolute atomic E-state index is 0.0571. The maximum Gasteiger partial charge on any atom is 0.286 e. The summed E-state index contributed by atoms with van der Waals surface area (Å²) in [6.45, 7) is 5.04. The van der Waals surface area contributed by atoms with Gasteiger partial charge in [0.1, 0.15) is 12.0 Å². The van der Waals surface area contributed by atoms with Crippen LogP contribution in [0.1, 0.15) is 39.0 Å². The minimum atomic E-state index is -0.309. The molecule has 6 heteroatoms. The maximum absolute atomic E-state index is 12.5. The number of Topliss-reactive ketones (excluding diaryl/α,β-unsaturated/α-hetero) is 1. The summed E-state index contributed by atoms with van der Waals surface area (Å²) < 4.78 is 1.57. The molecule has 0 aliphatic carbocycles. The van der Waals surface area contributed by atoms with Crippen LogP contribution in [0.25, 0.3) is 11.0 Å². The van der Waals surface area contributed by atoms with Crippen LogP contribution in [0.5, 0.6) is 0 Å². The largest absolute Gasteiger partial charge is 0.354 e. The van der Waals surface area contributed by atoms with E-state index in [1.165, 1.54) is 6.92 Å². The first-order valence-corrected chi connectivity index (χ1v) is 6.92. The molecule has 1 aromatic carbocycles. The molecule has 0 saturated carbocycles. The van der Waals surface area contributed by atoms with Gasteiger partial charge in [-0.3, -0.25) is 15.0 Å². The third-order valence-electron chi connectivity index (χ3n) is 3.69. The van der Waals surface area contributed by atoms with E-state index in [0.717, 1.165) is 11.0 Å².